The summed E-state index contributed by atoms with van der Waals surface area (Å²) in [5.74, 6) is 1.24. The van der Waals surface area contributed by atoms with Gasteiger partial charge in [-0.25, -0.2) is 13.1 Å². The highest BCUT2D eigenvalue weighted by Crippen LogP contribution is 2.28. The Kier molecular flexibility index (Phi) is 8.50. The maximum absolute atomic E-state index is 12.7. The van der Waals surface area contributed by atoms with Gasteiger partial charge in [-0.15, -0.1) is 0 Å². The summed E-state index contributed by atoms with van der Waals surface area (Å²) in [6.07, 6.45) is 0. The van der Waals surface area contributed by atoms with Gasteiger partial charge in [0.1, 0.15) is 17.2 Å². The molecule has 0 saturated heterocycles. The number of hydrogen-bond donors (Lipinski definition) is 2. The summed E-state index contributed by atoms with van der Waals surface area (Å²) in [6, 6.07) is 20.2. The van der Waals surface area contributed by atoms with Crippen molar-refractivity contribution in [2.75, 3.05) is 20.8 Å². The summed E-state index contributed by atoms with van der Waals surface area (Å²) in [6.45, 7) is 1.76. The Balaban J connectivity index is 1.54. The van der Waals surface area contributed by atoms with Crippen LogP contribution in [-0.2, 0) is 21.4 Å². The minimum Gasteiger partial charge on any atom is -0.496 e. The van der Waals surface area contributed by atoms with E-state index in [2.05, 4.69) is 10.0 Å². The molecule has 0 spiro atoms. The summed E-state index contributed by atoms with van der Waals surface area (Å²) < 4.78 is 44.2. The minimum atomic E-state index is -3.72. The Hall–Kier alpha value is -3.56. The largest absolute Gasteiger partial charge is 0.496 e. The van der Waals surface area contributed by atoms with Crippen molar-refractivity contribution in [1.82, 2.24) is 10.0 Å². The fourth-order valence-corrected chi connectivity index (χ4v) is 4.55. The molecule has 9 heteroatoms. The van der Waals surface area contributed by atoms with E-state index >= 15 is 0 Å². The third-order valence-electron chi connectivity index (χ3n) is 5.13. The van der Waals surface area contributed by atoms with E-state index in [1.54, 1.807) is 39.3 Å². The zero-order valence-corrected chi connectivity index (χ0v) is 20.1. The number of benzene rings is 3. The van der Waals surface area contributed by atoms with Gasteiger partial charge in [-0.1, -0.05) is 36.4 Å². The molecule has 0 radical (unpaired) electrons. The highest BCUT2D eigenvalue weighted by Gasteiger charge is 2.18. The number of nitrogens with one attached hydrogen (secondary N) is 2. The van der Waals surface area contributed by atoms with Crippen molar-refractivity contribution in [3.63, 3.8) is 0 Å². The lowest BCUT2D eigenvalue weighted by Gasteiger charge is -2.15. The average Bonchev–Trinajstić information content (AvgIpc) is 2.86. The number of hydrogen-bond acceptors (Lipinski definition) is 6. The molecule has 0 bridgehead atoms. The lowest BCUT2D eigenvalue weighted by molar-refractivity contribution is -0.123. The van der Waals surface area contributed by atoms with E-state index in [9.17, 15) is 13.2 Å². The lowest BCUT2D eigenvalue weighted by Crippen LogP contribution is -2.28. The van der Waals surface area contributed by atoms with Gasteiger partial charge >= 0.3 is 0 Å². The van der Waals surface area contributed by atoms with Crippen LogP contribution < -0.4 is 24.2 Å². The molecule has 0 fully saturated rings. The quantitative estimate of drug-likeness (QED) is 0.432. The molecule has 8 nitrogen and oxygen atoms in total. The molecule has 180 valence electrons. The monoisotopic (exact) mass is 484 g/mol. The molecular formula is C25H28N2O6S. The molecule has 0 aliphatic rings. The molecule has 0 heterocycles. The van der Waals surface area contributed by atoms with E-state index in [0.717, 1.165) is 5.56 Å². The Morgan fingerprint density at radius 3 is 2.09 bits per heavy atom. The van der Waals surface area contributed by atoms with Gasteiger partial charge in [0.2, 0.25) is 10.0 Å². The normalized spacial score (nSPS) is 12.0. The molecule has 0 unspecified atom stereocenters. The van der Waals surface area contributed by atoms with Crippen molar-refractivity contribution >= 4 is 15.9 Å². The molecule has 34 heavy (non-hydrogen) atoms. The van der Waals surface area contributed by atoms with E-state index in [0.29, 0.717) is 22.8 Å². The van der Waals surface area contributed by atoms with E-state index in [1.807, 2.05) is 30.3 Å². The van der Waals surface area contributed by atoms with Crippen molar-refractivity contribution < 1.29 is 27.4 Å². The number of amides is 1. The fraction of sp³-hybridized carbons (Fsp3) is 0.240. The molecule has 0 aromatic heterocycles. The fourth-order valence-electron chi connectivity index (χ4n) is 3.31. The SMILES string of the molecule is COc1cccc(OC)c1CNC(=O)COc1ccc(S(=O)(=O)N[C@@H](C)c2ccccc2)cc1. The van der Waals surface area contributed by atoms with Crippen molar-refractivity contribution in [3.05, 3.63) is 83.9 Å². The van der Waals surface area contributed by atoms with Gasteiger partial charge in [-0.05, 0) is 48.9 Å². The molecule has 0 aliphatic carbocycles. The van der Waals surface area contributed by atoms with Gasteiger partial charge in [0.25, 0.3) is 5.91 Å². The van der Waals surface area contributed by atoms with Crippen molar-refractivity contribution in [2.45, 2.75) is 24.4 Å². The molecule has 0 aliphatic heterocycles. The lowest BCUT2D eigenvalue weighted by atomic mass is 10.1. The van der Waals surface area contributed by atoms with Crippen LogP contribution in [0.3, 0.4) is 0 Å². The second-order valence-corrected chi connectivity index (χ2v) is 9.15. The first kappa shape index (κ1) is 25.1. The minimum absolute atomic E-state index is 0.107. The Labute approximate surface area is 199 Å². The summed E-state index contributed by atoms with van der Waals surface area (Å²) in [5.41, 5.74) is 1.58. The summed E-state index contributed by atoms with van der Waals surface area (Å²) in [4.78, 5) is 12.4. The van der Waals surface area contributed by atoms with Crippen LogP contribution in [0.15, 0.2) is 77.7 Å². The average molecular weight is 485 g/mol. The van der Waals surface area contributed by atoms with Gasteiger partial charge in [0.05, 0.1) is 31.2 Å². The highest BCUT2D eigenvalue weighted by atomic mass is 32.2. The van der Waals surface area contributed by atoms with Crippen LogP contribution >= 0.6 is 0 Å². The van der Waals surface area contributed by atoms with E-state index in [1.165, 1.54) is 24.3 Å². The maximum Gasteiger partial charge on any atom is 0.258 e. The number of methoxy groups -OCH3 is 2. The molecule has 1 amide bonds. The molecule has 2 N–H and O–H groups in total. The van der Waals surface area contributed by atoms with Crippen LogP contribution in [-0.4, -0.2) is 35.2 Å². The van der Waals surface area contributed by atoms with Crippen LogP contribution in [0.4, 0.5) is 0 Å². The summed E-state index contributed by atoms with van der Waals surface area (Å²) >= 11 is 0. The maximum atomic E-state index is 12.7. The summed E-state index contributed by atoms with van der Waals surface area (Å²) in [7, 11) is -0.624. The van der Waals surface area contributed by atoms with Crippen LogP contribution in [0.25, 0.3) is 0 Å². The predicted octanol–water partition coefficient (Wildman–Crippen LogP) is 3.44. The smallest absolute Gasteiger partial charge is 0.258 e. The second kappa shape index (κ2) is 11.5. The number of carbonyl (C=O) groups excluding carboxylic acids is 1. The Bertz CT molecular complexity index is 1180. The molecule has 1 atom stereocenters. The van der Waals surface area contributed by atoms with Gasteiger partial charge in [0.15, 0.2) is 6.61 Å². The van der Waals surface area contributed by atoms with Crippen molar-refractivity contribution in [3.8, 4) is 17.2 Å². The van der Waals surface area contributed by atoms with E-state index < -0.39 is 10.0 Å². The van der Waals surface area contributed by atoms with Gasteiger partial charge in [0, 0.05) is 6.04 Å². The summed E-state index contributed by atoms with van der Waals surface area (Å²) in [5, 5.41) is 2.76. The first-order chi connectivity index (χ1) is 16.3. The Morgan fingerprint density at radius 1 is 0.882 bits per heavy atom. The highest BCUT2D eigenvalue weighted by molar-refractivity contribution is 7.89. The van der Waals surface area contributed by atoms with Crippen LogP contribution in [0.5, 0.6) is 17.2 Å². The predicted molar refractivity (Wildman–Crippen MR) is 129 cm³/mol. The third kappa shape index (κ3) is 6.49. The topological polar surface area (TPSA) is 103 Å². The number of sulfonamides is 1. The molecule has 3 rings (SSSR count). The number of carbonyl (C=O) groups is 1. The zero-order chi connectivity index (χ0) is 24.6. The van der Waals surface area contributed by atoms with Crippen LogP contribution in [0.1, 0.15) is 24.1 Å². The molecule has 0 saturated carbocycles. The second-order valence-electron chi connectivity index (χ2n) is 7.43. The van der Waals surface area contributed by atoms with Crippen LogP contribution in [0, 0.1) is 0 Å². The standard InChI is InChI=1S/C25H28N2O6S/c1-18(19-8-5-4-6-9-19)27-34(29,30)21-14-12-20(13-15-21)33-17-25(28)26-16-22-23(31-2)10-7-11-24(22)32-3/h4-15,18,27H,16-17H2,1-3H3,(H,26,28)/t18-/m0/s1. The van der Waals surface area contributed by atoms with Gasteiger partial charge in [-0.2, -0.15) is 0 Å². The van der Waals surface area contributed by atoms with Crippen molar-refractivity contribution in [1.29, 1.82) is 0 Å². The number of ether oxygens (including phenoxy) is 3. The molecule has 3 aromatic carbocycles. The van der Waals surface area contributed by atoms with Gasteiger partial charge in [-0.3, -0.25) is 4.79 Å². The van der Waals surface area contributed by atoms with Crippen LogP contribution in [0.2, 0.25) is 0 Å². The molecule has 3 aromatic rings. The van der Waals surface area contributed by atoms with E-state index in [-0.39, 0.29) is 30.0 Å². The molecular weight excluding hydrogens is 456 g/mol. The first-order valence-electron chi connectivity index (χ1n) is 10.6. The Morgan fingerprint density at radius 2 is 1.50 bits per heavy atom. The zero-order valence-electron chi connectivity index (χ0n) is 19.3. The van der Waals surface area contributed by atoms with Gasteiger partial charge < -0.3 is 19.5 Å². The first-order valence-corrected chi connectivity index (χ1v) is 12.1. The third-order valence-corrected chi connectivity index (χ3v) is 6.68. The van der Waals surface area contributed by atoms with E-state index in [4.69, 9.17) is 14.2 Å². The number of rotatable bonds is 11. The van der Waals surface area contributed by atoms with Crippen molar-refractivity contribution in [2.24, 2.45) is 0 Å².